The van der Waals surface area contributed by atoms with Crippen molar-refractivity contribution in [2.24, 2.45) is 0 Å². The van der Waals surface area contributed by atoms with Crippen molar-refractivity contribution >= 4 is 8.96 Å². The molecule has 0 aliphatic rings. The predicted octanol–water partition coefficient (Wildman–Crippen LogP) is 3.21. The topological polar surface area (TPSA) is 12.5 Å². The maximum Gasteiger partial charge on any atom is 0.0894 e. The Bertz CT molecular complexity index is 129. The van der Waals surface area contributed by atoms with Crippen molar-refractivity contribution < 1.29 is 4.52 Å². The van der Waals surface area contributed by atoms with Gasteiger partial charge in [-0.3, -0.25) is 4.67 Å². The van der Waals surface area contributed by atoms with Crippen LogP contribution in [0.4, 0.5) is 0 Å². The second-order valence-corrected chi connectivity index (χ2v) is 4.60. The molecule has 0 spiro atoms. The van der Waals surface area contributed by atoms with Crippen LogP contribution in [0.2, 0.25) is 0 Å². The van der Waals surface area contributed by atoms with E-state index in [2.05, 4.69) is 38.9 Å². The molecule has 0 heterocycles. The summed E-state index contributed by atoms with van der Waals surface area (Å²) < 4.78 is 7.89. The Kier molecular flexibility index (Phi) is 7.54. The third-order valence-electron chi connectivity index (χ3n) is 1.71. The van der Waals surface area contributed by atoms with Gasteiger partial charge in [0.05, 0.1) is 15.6 Å². The zero-order chi connectivity index (χ0) is 10.3. The molecule has 0 radical (unpaired) electrons. The summed E-state index contributed by atoms with van der Waals surface area (Å²) in [7, 11) is 0.479. The van der Waals surface area contributed by atoms with Gasteiger partial charge in [-0.25, -0.2) is 0 Å². The molecule has 0 bridgehead atoms. The molecule has 0 N–H and O–H groups in total. The lowest BCUT2D eigenvalue weighted by atomic mass is 10.3. The zero-order valence-electron chi connectivity index (χ0n) is 9.21. The van der Waals surface area contributed by atoms with Crippen LogP contribution in [0.25, 0.3) is 0 Å². The van der Waals surface area contributed by atoms with E-state index in [-0.39, 0.29) is 0 Å². The largest absolute Gasteiger partial charge is 0.346 e. The van der Waals surface area contributed by atoms with Crippen LogP contribution in [0, 0.1) is 0 Å². The third kappa shape index (κ3) is 6.20. The molecule has 0 aromatic rings. The van der Waals surface area contributed by atoms with E-state index < -0.39 is 0 Å². The summed E-state index contributed by atoms with van der Waals surface area (Å²) in [4.78, 5) is 0. The lowest BCUT2D eigenvalue weighted by Crippen LogP contribution is -2.29. The number of nitrogens with zero attached hydrogens (tertiary/aromatic N) is 1. The maximum atomic E-state index is 5.54. The van der Waals surface area contributed by atoms with Crippen molar-refractivity contribution in [1.82, 2.24) is 4.67 Å². The monoisotopic (exact) mass is 203 g/mol. The summed E-state index contributed by atoms with van der Waals surface area (Å²) in [5.41, 5.74) is 0. The van der Waals surface area contributed by atoms with Gasteiger partial charge in [-0.2, -0.15) is 0 Å². The molecule has 0 amide bonds. The summed E-state index contributed by atoms with van der Waals surface area (Å²) in [5, 5.41) is 0. The summed E-state index contributed by atoms with van der Waals surface area (Å²) >= 11 is 0. The van der Waals surface area contributed by atoms with Gasteiger partial charge in [-0.1, -0.05) is 6.08 Å². The lowest BCUT2D eigenvalue weighted by Gasteiger charge is -2.29. The molecule has 0 saturated heterocycles. The summed E-state index contributed by atoms with van der Waals surface area (Å²) in [6.07, 6.45) is 2.83. The minimum Gasteiger partial charge on any atom is -0.346 e. The van der Waals surface area contributed by atoms with Crippen molar-refractivity contribution in [1.29, 1.82) is 0 Å². The van der Waals surface area contributed by atoms with Gasteiger partial charge in [0.25, 0.3) is 0 Å². The van der Waals surface area contributed by atoms with Crippen molar-refractivity contribution in [2.45, 2.75) is 46.2 Å². The number of rotatable bonds is 7. The van der Waals surface area contributed by atoms with E-state index in [4.69, 9.17) is 4.52 Å². The van der Waals surface area contributed by atoms with E-state index in [1.165, 1.54) is 0 Å². The lowest BCUT2D eigenvalue weighted by molar-refractivity contribution is 0.270. The normalized spacial score (nSPS) is 12.5. The first-order chi connectivity index (χ1) is 6.09. The van der Waals surface area contributed by atoms with Crippen LogP contribution in [-0.4, -0.2) is 23.4 Å². The maximum absolute atomic E-state index is 5.54. The molecule has 0 fully saturated rings. The van der Waals surface area contributed by atoms with Gasteiger partial charge in [0.1, 0.15) is 0 Å². The SMILES string of the molecule is C=CCCOPN(C(C)C)C(C)C. The molecule has 0 aromatic carbocycles. The average molecular weight is 203 g/mol. The summed E-state index contributed by atoms with van der Waals surface area (Å²) in [6, 6.07) is 1.11. The molecule has 78 valence electrons. The highest BCUT2D eigenvalue weighted by atomic mass is 31.1. The molecule has 3 heteroatoms. The minimum absolute atomic E-state index is 0.479. The van der Waals surface area contributed by atoms with Gasteiger partial charge in [0.15, 0.2) is 0 Å². The van der Waals surface area contributed by atoms with Gasteiger partial charge < -0.3 is 4.52 Å². The van der Waals surface area contributed by atoms with Crippen LogP contribution in [0.5, 0.6) is 0 Å². The van der Waals surface area contributed by atoms with Crippen LogP contribution in [0.3, 0.4) is 0 Å². The minimum atomic E-state index is 0.479. The Morgan fingerprint density at radius 1 is 1.31 bits per heavy atom. The molecular formula is C10H22NOP. The van der Waals surface area contributed by atoms with E-state index in [0.29, 0.717) is 21.0 Å². The fourth-order valence-corrected chi connectivity index (χ4v) is 1.85. The summed E-state index contributed by atoms with van der Waals surface area (Å²) in [5.74, 6) is 0. The van der Waals surface area contributed by atoms with Crippen molar-refractivity contribution in [2.75, 3.05) is 6.61 Å². The van der Waals surface area contributed by atoms with E-state index in [0.717, 1.165) is 13.0 Å². The molecule has 0 aromatic heterocycles. The Balaban J connectivity index is 3.63. The molecule has 0 saturated carbocycles. The quantitative estimate of drug-likeness (QED) is 0.358. The predicted molar refractivity (Wildman–Crippen MR) is 61.2 cm³/mol. The van der Waals surface area contributed by atoms with Crippen LogP contribution >= 0.6 is 8.96 Å². The van der Waals surface area contributed by atoms with E-state index in [9.17, 15) is 0 Å². The fraction of sp³-hybridized carbons (Fsp3) is 0.800. The zero-order valence-corrected chi connectivity index (χ0v) is 10.2. The standard InChI is InChI=1S/C10H22NOP/c1-6-7-8-12-13-11(9(2)3)10(4)5/h6,9-10,13H,1,7-8H2,2-5H3. The molecule has 2 nitrogen and oxygen atoms in total. The van der Waals surface area contributed by atoms with Gasteiger partial charge in [-0.05, 0) is 34.1 Å². The Morgan fingerprint density at radius 3 is 2.23 bits per heavy atom. The average Bonchev–Trinajstić information content (AvgIpc) is 2.02. The number of hydrogen-bond donors (Lipinski definition) is 0. The van der Waals surface area contributed by atoms with E-state index in [1.54, 1.807) is 0 Å². The van der Waals surface area contributed by atoms with Gasteiger partial charge in [0, 0.05) is 12.1 Å². The second kappa shape index (κ2) is 7.49. The van der Waals surface area contributed by atoms with E-state index in [1.807, 2.05) is 6.08 Å². The molecule has 0 aliphatic carbocycles. The van der Waals surface area contributed by atoms with Crippen LogP contribution in [-0.2, 0) is 4.52 Å². The van der Waals surface area contributed by atoms with Crippen molar-refractivity contribution in [3.8, 4) is 0 Å². The van der Waals surface area contributed by atoms with Crippen molar-refractivity contribution in [3.63, 3.8) is 0 Å². The highest BCUT2D eigenvalue weighted by Crippen LogP contribution is 2.25. The molecule has 1 atom stereocenters. The summed E-state index contributed by atoms with van der Waals surface area (Å²) in [6.45, 7) is 13.2. The molecule has 1 unspecified atom stereocenters. The molecule has 0 aliphatic heterocycles. The first kappa shape index (κ1) is 13.1. The number of hydrogen-bond acceptors (Lipinski definition) is 2. The smallest absolute Gasteiger partial charge is 0.0894 e. The third-order valence-corrected chi connectivity index (χ3v) is 3.28. The first-order valence-corrected chi connectivity index (χ1v) is 5.71. The Morgan fingerprint density at radius 2 is 1.85 bits per heavy atom. The molecule has 13 heavy (non-hydrogen) atoms. The fourth-order valence-electron chi connectivity index (χ4n) is 1.07. The first-order valence-electron chi connectivity index (χ1n) is 4.86. The van der Waals surface area contributed by atoms with E-state index >= 15 is 0 Å². The Labute approximate surface area is 84.3 Å². The second-order valence-electron chi connectivity index (χ2n) is 3.61. The van der Waals surface area contributed by atoms with Gasteiger partial charge in [0.2, 0.25) is 0 Å². The van der Waals surface area contributed by atoms with Crippen LogP contribution in [0.15, 0.2) is 12.7 Å². The van der Waals surface area contributed by atoms with Crippen LogP contribution in [0.1, 0.15) is 34.1 Å². The molecular weight excluding hydrogens is 181 g/mol. The van der Waals surface area contributed by atoms with Gasteiger partial charge in [-0.15, -0.1) is 6.58 Å². The van der Waals surface area contributed by atoms with Crippen molar-refractivity contribution in [3.05, 3.63) is 12.7 Å². The Hall–Kier alpha value is 0.0900. The van der Waals surface area contributed by atoms with Crippen LogP contribution < -0.4 is 0 Å². The highest BCUT2D eigenvalue weighted by molar-refractivity contribution is 7.29. The van der Waals surface area contributed by atoms with Gasteiger partial charge >= 0.3 is 0 Å². The highest BCUT2D eigenvalue weighted by Gasteiger charge is 2.12. The molecule has 0 rings (SSSR count).